The molecule has 13 heavy (non-hydrogen) atoms. The van der Waals surface area contributed by atoms with Gasteiger partial charge in [0, 0.05) is 26.8 Å². The SMILES string of the molecule is COC1CCCN(CCCO)C1=O. The minimum atomic E-state index is -0.257. The standard InChI is InChI=1S/C9H17NO3/c1-13-8-4-2-5-10(9(8)12)6-3-7-11/h8,11H,2-7H2,1H3. The molecule has 1 aliphatic heterocycles. The molecule has 1 N–H and O–H groups in total. The van der Waals surface area contributed by atoms with E-state index < -0.39 is 0 Å². The summed E-state index contributed by atoms with van der Waals surface area (Å²) in [5.41, 5.74) is 0. The highest BCUT2D eigenvalue weighted by Crippen LogP contribution is 2.13. The summed E-state index contributed by atoms with van der Waals surface area (Å²) in [5.74, 6) is 0.0715. The maximum atomic E-state index is 11.6. The van der Waals surface area contributed by atoms with Crippen LogP contribution in [0.5, 0.6) is 0 Å². The van der Waals surface area contributed by atoms with E-state index in [2.05, 4.69) is 0 Å². The molecule has 1 atom stereocenters. The number of hydrogen-bond acceptors (Lipinski definition) is 3. The number of rotatable bonds is 4. The summed E-state index contributed by atoms with van der Waals surface area (Å²) in [4.78, 5) is 13.4. The zero-order valence-corrected chi connectivity index (χ0v) is 8.03. The van der Waals surface area contributed by atoms with E-state index in [-0.39, 0.29) is 18.6 Å². The van der Waals surface area contributed by atoms with E-state index in [1.165, 1.54) is 0 Å². The van der Waals surface area contributed by atoms with Crippen molar-refractivity contribution in [3.8, 4) is 0 Å². The first-order valence-corrected chi connectivity index (χ1v) is 4.72. The van der Waals surface area contributed by atoms with Crippen LogP contribution < -0.4 is 0 Å². The Morgan fingerprint density at radius 1 is 1.69 bits per heavy atom. The number of likely N-dealkylation sites (tertiary alicyclic amines) is 1. The normalized spacial score (nSPS) is 23.7. The number of carbonyl (C=O) groups excluding carboxylic acids is 1. The summed E-state index contributed by atoms with van der Waals surface area (Å²) in [6, 6.07) is 0. The van der Waals surface area contributed by atoms with Crippen LogP contribution in [0, 0.1) is 0 Å². The molecule has 0 aromatic heterocycles. The first-order valence-electron chi connectivity index (χ1n) is 4.72. The van der Waals surface area contributed by atoms with Crippen LogP contribution in [-0.4, -0.2) is 48.8 Å². The van der Waals surface area contributed by atoms with E-state index >= 15 is 0 Å². The van der Waals surface area contributed by atoms with Crippen LogP contribution in [0.4, 0.5) is 0 Å². The summed E-state index contributed by atoms with van der Waals surface area (Å²) in [6.45, 7) is 1.59. The highest BCUT2D eigenvalue weighted by atomic mass is 16.5. The van der Waals surface area contributed by atoms with Crippen LogP contribution in [-0.2, 0) is 9.53 Å². The number of methoxy groups -OCH3 is 1. The largest absolute Gasteiger partial charge is 0.396 e. The Labute approximate surface area is 78.5 Å². The lowest BCUT2D eigenvalue weighted by molar-refractivity contribution is -0.146. The first-order chi connectivity index (χ1) is 6.29. The molecule has 0 bridgehead atoms. The molecule has 1 rings (SSSR count). The van der Waals surface area contributed by atoms with Gasteiger partial charge in [0.15, 0.2) is 0 Å². The van der Waals surface area contributed by atoms with Crippen molar-refractivity contribution >= 4 is 5.91 Å². The molecule has 4 heteroatoms. The van der Waals surface area contributed by atoms with Crippen molar-refractivity contribution in [2.45, 2.75) is 25.4 Å². The van der Waals surface area contributed by atoms with Crippen LogP contribution in [0.2, 0.25) is 0 Å². The van der Waals surface area contributed by atoms with Crippen LogP contribution >= 0.6 is 0 Å². The van der Waals surface area contributed by atoms with Crippen LogP contribution in [0.3, 0.4) is 0 Å². The minimum absolute atomic E-state index is 0.0715. The zero-order valence-electron chi connectivity index (χ0n) is 8.03. The Morgan fingerprint density at radius 2 is 2.46 bits per heavy atom. The molecule has 1 heterocycles. The van der Waals surface area contributed by atoms with Crippen molar-refractivity contribution < 1.29 is 14.6 Å². The van der Waals surface area contributed by atoms with Gasteiger partial charge in [0.1, 0.15) is 6.10 Å². The molecule has 0 saturated carbocycles. The van der Waals surface area contributed by atoms with Crippen LogP contribution in [0.25, 0.3) is 0 Å². The van der Waals surface area contributed by atoms with Crippen molar-refractivity contribution in [3.63, 3.8) is 0 Å². The van der Waals surface area contributed by atoms with Gasteiger partial charge in [0.2, 0.25) is 0 Å². The second kappa shape index (κ2) is 5.19. The van der Waals surface area contributed by atoms with Crippen molar-refractivity contribution in [1.29, 1.82) is 0 Å². The Balaban J connectivity index is 2.40. The number of hydrogen-bond donors (Lipinski definition) is 1. The predicted octanol–water partition coefficient (Wildman–Crippen LogP) is 0.00620. The Bertz CT molecular complexity index is 172. The van der Waals surface area contributed by atoms with Gasteiger partial charge in [-0.15, -0.1) is 0 Å². The number of aliphatic hydroxyl groups excluding tert-OH is 1. The van der Waals surface area contributed by atoms with Gasteiger partial charge >= 0.3 is 0 Å². The summed E-state index contributed by atoms with van der Waals surface area (Å²) in [5, 5.41) is 8.64. The molecule has 4 nitrogen and oxygen atoms in total. The third-order valence-electron chi connectivity index (χ3n) is 2.35. The lowest BCUT2D eigenvalue weighted by Gasteiger charge is -2.31. The third kappa shape index (κ3) is 2.67. The molecular formula is C9H17NO3. The van der Waals surface area contributed by atoms with Gasteiger partial charge in [0.05, 0.1) is 0 Å². The third-order valence-corrected chi connectivity index (χ3v) is 2.35. The summed E-state index contributed by atoms with van der Waals surface area (Å²) in [7, 11) is 1.57. The van der Waals surface area contributed by atoms with Gasteiger partial charge in [-0.2, -0.15) is 0 Å². The van der Waals surface area contributed by atoms with Crippen molar-refractivity contribution in [1.82, 2.24) is 4.90 Å². The van der Waals surface area contributed by atoms with Crippen LogP contribution in [0.15, 0.2) is 0 Å². The fourth-order valence-electron chi connectivity index (χ4n) is 1.61. The summed E-state index contributed by atoms with van der Waals surface area (Å²) >= 11 is 0. The molecule has 1 aliphatic rings. The van der Waals surface area contributed by atoms with Crippen molar-refractivity contribution in [2.75, 3.05) is 26.8 Å². The minimum Gasteiger partial charge on any atom is -0.396 e. The quantitative estimate of drug-likeness (QED) is 0.674. The van der Waals surface area contributed by atoms with E-state index in [1.54, 1.807) is 12.0 Å². The zero-order chi connectivity index (χ0) is 9.68. The number of amides is 1. The van der Waals surface area contributed by atoms with Crippen LogP contribution in [0.1, 0.15) is 19.3 Å². The Kier molecular flexibility index (Phi) is 4.18. The fourth-order valence-corrected chi connectivity index (χ4v) is 1.61. The van der Waals surface area contributed by atoms with Crippen molar-refractivity contribution in [2.24, 2.45) is 0 Å². The molecule has 76 valence electrons. The van der Waals surface area contributed by atoms with Gasteiger partial charge in [-0.1, -0.05) is 0 Å². The van der Waals surface area contributed by atoms with E-state index in [0.717, 1.165) is 19.4 Å². The molecule has 1 amide bonds. The maximum Gasteiger partial charge on any atom is 0.251 e. The number of nitrogens with zero attached hydrogens (tertiary/aromatic N) is 1. The molecule has 0 spiro atoms. The van der Waals surface area contributed by atoms with E-state index in [4.69, 9.17) is 9.84 Å². The summed E-state index contributed by atoms with van der Waals surface area (Å²) < 4.78 is 5.06. The number of aliphatic hydroxyl groups is 1. The molecular weight excluding hydrogens is 170 g/mol. The van der Waals surface area contributed by atoms with Gasteiger partial charge in [0.25, 0.3) is 5.91 Å². The smallest absolute Gasteiger partial charge is 0.251 e. The number of ether oxygens (including phenoxy) is 1. The number of carbonyl (C=O) groups is 1. The topological polar surface area (TPSA) is 49.8 Å². The second-order valence-electron chi connectivity index (χ2n) is 3.27. The first kappa shape index (κ1) is 10.5. The lowest BCUT2D eigenvalue weighted by atomic mass is 10.1. The predicted molar refractivity (Wildman–Crippen MR) is 48.3 cm³/mol. The van der Waals surface area contributed by atoms with Gasteiger partial charge in [-0.3, -0.25) is 4.79 Å². The van der Waals surface area contributed by atoms with E-state index in [1.807, 2.05) is 0 Å². The molecule has 1 saturated heterocycles. The molecule has 0 aromatic carbocycles. The maximum absolute atomic E-state index is 11.6. The Morgan fingerprint density at radius 3 is 3.08 bits per heavy atom. The average Bonchev–Trinajstić information content (AvgIpc) is 2.16. The average molecular weight is 187 g/mol. The monoisotopic (exact) mass is 187 g/mol. The molecule has 0 aliphatic carbocycles. The molecule has 0 radical (unpaired) electrons. The second-order valence-corrected chi connectivity index (χ2v) is 3.27. The lowest BCUT2D eigenvalue weighted by Crippen LogP contribution is -2.45. The number of piperidine rings is 1. The van der Waals surface area contributed by atoms with Crippen molar-refractivity contribution in [3.05, 3.63) is 0 Å². The van der Waals surface area contributed by atoms with E-state index in [0.29, 0.717) is 13.0 Å². The molecule has 1 fully saturated rings. The van der Waals surface area contributed by atoms with Gasteiger partial charge in [-0.25, -0.2) is 0 Å². The highest BCUT2D eigenvalue weighted by Gasteiger charge is 2.27. The highest BCUT2D eigenvalue weighted by molar-refractivity contribution is 5.81. The fraction of sp³-hybridized carbons (Fsp3) is 0.889. The summed E-state index contributed by atoms with van der Waals surface area (Å²) in [6.07, 6.45) is 2.22. The van der Waals surface area contributed by atoms with Gasteiger partial charge < -0.3 is 14.7 Å². The van der Waals surface area contributed by atoms with E-state index in [9.17, 15) is 4.79 Å². The molecule has 0 aromatic rings. The molecule has 1 unspecified atom stereocenters. The Hall–Kier alpha value is -0.610. The van der Waals surface area contributed by atoms with Gasteiger partial charge in [-0.05, 0) is 19.3 Å².